The SMILES string of the molecule is COc1ccc(C(=O)N2CCSC23CCN(C(=O)c2cccc(C(F)(F)F)c2)CC3)cc1. The molecule has 0 unspecified atom stereocenters. The van der Waals surface area contributed by atoms with Gasteiger partial charge in [0.05, 0.1) is 17.5 Å². The summed E-state index contributed by atoms with van der Waals surface area (Å²) in [6, 6.07) is 11.5. The first-order valence-electron chi connectivity index (χ1n) is 10.3. The van der Waals surface area contributed by atoms with Gasteiger partial charge in [-0.15, -0.1) is 11.8 Å². The molecule has 0 aromatic heterocycles. The number of hydrogen-bond donors (Lipinski definition) is 0. The van der Waals surface area contributed by atoms with Crippen molar-refractivity contribution in [3.05, 3.63) is 65.2 Å². The van der Waals surface area contributed by atoms with E-state index in [1.54, 1.807) is 48.0 Å². The van der Waals surface area contributed by atoms with Crippen LogP contribution in [-0.2, 0) is 6.18 Å². The highest BCUT2D eigenvalue weighted by Gasteiger charge is 2.47. The lowest BCUT2D eigenvalue weighted by Crippen LogP contribution is -2.53. The Morgan fingerprint density at radius 2 is 1.66 bits per heavy atom. The minimum Gasteiger partial charge on any atom is -0.497 e. The van der Waals surface area contributed by atoms with Gasteiger partial charge in [-0.25, -0.2) is 0 Å². The number of alkyl halides is 3. The predicted octanol–water partition coefficient (Wildman–Crippen LogP) is 4.54. The van der Waals surface area contributed by atoms with E-state index in [1.165, 1.54) is 12.1 Å². The molecule has 2 aliphatic rings. The largest absolute Gasteiger partial charge is 0.497 e. The van der Waals surface area contributed by atoms with E-state index in [9.17, 15) is 22.8 Å². The number of thioether (sulfide) groups is 1. The number of halogens is 3. The third-order valence-corrected chi connectivity index (χ3v) is 7.58. The summed E-state index contributed by atoms with van der Waals surface area (Å²) in [7, 11) is 1.57. The molecule has 1 spiro atoms. The molecule has 5 nitrogen and oxygen atoms in total. The second-order valence-electron chi connectivity index (χ2n) is 7.85. The zero-order valence-electron chi connectivity index (χ0n) is 17.5. The number of ether oxygens (including phenoxy) is 1. The van der Waals surface area contributed by atoms with Crippen molar-refractivity contribution in [2.45, 2.75) is 23.9 Å². The molecule has 9 heteroatoms. The predicted molar refractivity (Wildman–Crippen MR) is 116 cm³/mol. The number of nitrogens with zero attached hydrogens (tertiary/aromatic N) is 2. The summed E-state index contributed by atoms with van der Waals surface area (Å²) in [5.41, 5.74) is -0.226. The average molecular weight is 465 g/mol. The van der Waals surface area contributed by atoms with Crippen LogP contribution in [0.5, 0.6) is 5.75 Å². The molecule has 2 amide bonds. The van der Waals surface area contributed by atoms with Gasteiger partial charge >= 0.3 is 6.18 Å². The topological polar surface area (TPSA) is 49.9 Å². The van der Waals surface area contributed by atoms with Crippen LogP contribution in [0.2, 0.25) is 0 Å². The minimum absolute atomic E-state index is 0.0287. The van der Waals surface area contributed by atoms with Crippen molar-refractivity contribution in [3.63, 3.8) is 0 Å². The van der Waals surface area contributed by atoms with Gasteiger partial charge in [0.15, 0.2) is 0 Å². The Hall–Kier alpha value is -2.68. The molecular formula is C23H23F3N2O3S. The molecule has 2 saturated heterocycles. The highest BCUT2D eigenvalue weighted by Crippen LogP contribution is 2.44. The van der Waals surface area contributed by atoms with Gasteiger partial charge in [-0.05, 0) is 55.3 Å². The van der Waals surface area contributed by atoms with Gasteiger partial charge in [0.2, 0.25) is 0 Å². The van der Waals surface area contributed by atoms with Gasteiger partial charge in [-0.1, -0.05) is 6.07 Å². The van der Waals surface area contributed by atoms with E-state index in [4.69, 9.17) is 4.74 Å². The number of rotatable bonds is 3. The highest BCUT2D eigenvalue weighted by atomic mass is 32.2. The molecule has 0 bridgehead atoms. The number of carbonyl (C=O) groups excluding carboxylic acids is 2. The second-order valence-corrected chi connectivity index (χ2v) is 9.31. The van der Waals surface area contributed by atoms with Gasteiger partial charge in [0.1, 0.15) is 5.75 Å². The molecule has 0 aliphatic carbocycles. The standard InChI is InChI=1S/C23H23F3N2O3S/c1-31-19-7-5-16(6-8-19)21(30)28-13-14-32-22(28)9-11-27(12-10-22)20(29)17-3-2-4-18(15-17)23(24,25)26/h2-8,15H,9-14H2,1H3. The summed E-state index contributed by atoms with van der Waals surface area (Å²) in [5, 5.41) is 0. The van der Waals surface area contributed by atoms with Crippen molar-refractivity contribution in [3.8, 4) is 5.75 Å². The monoisotopic (exact) mass is 464 g/mol. The fourth-order valence-corrected chi connectivity index (χ4v) is 5.72. The van der Waals surface area contributed by atoms with Crippen LogP contribution in [-0.4, -0.2) is 59.0 Å². The molecule has 170 valence electrons. The summed E-state index contributed by atoms with van der Waals surface area (Å²) in [5.74, 6) is 1.01. The Morgan fingerprint density at radius 1 is 0.969 bits per heavy atom. The van der Waals surface area contributed by atoms with Gasteiger partial charge < -0.3 is 14.5 Å². The molecule has 2 fully saturated rings. The zero-order chi connectivity index (χ0) is 22.9. The van der Waals surface area contributed by atoms with Crippen molar-refractivity contribution in [1.82, 2.24) is 9.80 Å². The van der Waals surface area contributed by atoms with Crippen LogP contribution in [0.25, 0.3) is 0 Å². The number of benzene rings is 2. The van der Waals surface area contributed by atoms with Crippen LogP contribution in [0, 0.1) is 0 Å². The average Bonchev–Trinajstić information content (AvgIpc) is 3.21. The van der Waals surface area contributed by atoms with Gasteiger partial charge in [-0.3, -0.25) is 9.59 Å². The van der Waals surface area contributed by atoms with E-state index < -0.39 is 22.5 Å². The van der Waals surface area contributed by atoms with Crippen LogP contribution in [0.15, 0.2) is 48.5 Å². The molecule has 2 aromatic rings. The van der Waals surface area contributed by atoms with Crippen LogP contribution >= 0.6 is 11.8 Å². The molecular weight excluding hydrogens is 441 g/mol. The van der Waals surface area contributed by atoms with Gasteiger partial charge in [0.25, 0.3) is 11.8 Å². The van der Waals surface area contributed by atoms with E-state index in [1.807, 2.05) is 4.90 Å². The van der Waals surface area contributed by atoms with Crippen LogP contribution in [0.1, 0.15) is 39.1 Å². The molecule has 4 rings (SSSR count). The molecule has 2 aliphatic heterocycles. The fraction of sp³-hybridized carbons (Fsp3) is 0.391. The van der Waals surface area contributed by atoms with E-state index >= 15 is 0 Å². The smallest absolute Gasteiger partial charge is 0.416 e. The molecule has 0 saturated carbocycles. The van der Waals surface area contributed by atoms with Crippen molar-refractivity contribution in [2.75, 3.05) is 32.5 Å². The maximum atomic E-state index is 13.2. The quantitative estimate of drug-likeness (QED) is 0.670. The van der Waals surface area contributed by atoms with E-state index in [0.29, 0.717) is 43.8 Å². The summed E-state index contributed by atoms with van der Waals surface area (Å²) >= 11 is 1.71. The summed E-state index contributed by atoms with van der Waals surface area (Å²) in [6.45, 7) is 1.39. The van der Waals surface area contributed by atoms with Crippen molar-refractivity contribution in [1.29, 1.82) is 0 Å². The lowest BCUT2D eigenvalue weighted by Gasteiger charge is -2.44. The first kappa shape index (κ1) is 22.5. The maximum Gasteiger partial charge on any atom is 0.416 e. The molecule has 0 atom stereocenters. The first-order chi connectivity index (χ1) is 15.2. The Labute approximate surface area is 188 Å². The molecule has 2 heterocycles. The first-order valence-corrected chi connectivity index (χ1v) is 11.3. The summed E-state index contributed by atoms with van der Waals surface area (Å²) in [4.78, 5) is 29.1. The van der Waals surface area contributed by atoms with Crippen molar-refractivity contribution >= 4 is 23.6 Å². The van der Waals surface area contributed by atoms with Crippen LogP contribution in [0.3, 0.4) is 0 Å². The third kappa shape index (κ3) is 4.30. The number of hydrogen-bond acceptors (Lipinski definition) is 4. The maximum absolute atomic E-state index is 13.2. The van der Waals surface area contributed by atoms with Crippen molar-refractivity contribution in [2.24, 2.45) is 0 Å². The number of piperidine rings is 1. The molecule has 0 radical (unpaired) electrons. The molecule has 0 N–H and O–H groups in total. The van der Waals surface area contributed by atoms with E-state index in [2.05, 4.69) is 0 Å². The Morgan fingerprint density at radius 3 is 2.28 bits per heavy atom. The molecule has 2 aromatic carbocycles. The second kappa shape index (κ2) is 8.69. The normalized spacial score (nSPS) is 18.1. The van der Waals surface area contributed by atoms with Crippen LogP contribution in [0.4, 0.5) is 13.2 Å². The zero-order valence-corrected chi connectivity index (χ0v) is 18.3. The minimum atomic E-state index is -4.49. The summed E-state index contributed by atoms with van der Waals surface area (Å²) in [6.07, 6.45) is -3.35. The lowest BCUT2D eigenvalue weighted by molar-refractivity contribution is -0.137. The fourth-order valence-electron chi connectivity index (χ4n) is 4.27. The lowest BCUT2D eigenvalue weighted by atomic mass is 9.99. The van der Waals surface area contributed by atoms with E-state index in [-0.39, 0.29) is 11.5 Å². The van der Waals surface area contributed by atoms with Gasteiger partial charge in [0, 0.05) is 36.5 Å². The van der Waals surface area contributed by atoms with Crippen molar-refractivity contribution < 1.29 is 27.5 Å². The van der Waals surface area contributed by atoms with Gasteiger partial charge in [-0.2, -0.15) is 13.2 Å². The Balaban J connectivity index is 1.46. The number of likely N-dealkylation sites (tertiary alicyclic amines) is 1. The molecule has 32 heavy (non-hydrogen) atoms. The number of carbonyl (C=O) groups is 2. The van der Waals surface area contributed by atoms with Crippen LogP contribution < -0.4 is 4.74 Å². The summed E-state index contributed by atoms with van der Waals surface area (Å²) < 4.78 is 44.2. The highest BCUT2D eigenvalue weighted by molar-refractivity contribution is 8.00. The number of amides is 2. The third-order valence-electron chi connectivity index (χ3n) is 6.03. The Kier molecular flexibility index (Phi) is 6.11. The van der Waals surface area contributed by atoms with E-state index in [0.717, 1.165) is 17.9 Å². The Bertz CT molecular complexity index is 1000. The number of methoxy groups -OCH3 is 1.